The molecule has 2 aromatic rings. The quantitative estimate of drug-likeness (QED) is 0.878. The second-order valence-electron chi connectivity index (χ2n) is 4.92. The number of anilines is 1. The van der Waals surface area contributed by atoms with Crippen molar-refractivity contribution >= 4 is 17.3 Å². The van der Waals surface area contributed by atoms with E-state index < -0.39 is 6.10 Å². The Bertz CT molecular complexity index is 589. The van der Waals surface area contributed by atoms with E-state index in [2.05, 4.69) is 4.90 Å². The number of aliphatic hydroxyl groups is 1. The molecule has 3 nitrogen and oxygen atoms in total. The molecule has 0 spiro atoms. The van der Waals surface area contributed by atoms with Crippen molar-refractivity contribution in [3.63, 3.8) is 0 Å². The molecule has 1 N–H and O–H groups in total. The van der Waals surface area contributed by atoms with E-state index in [-0.39, 0.29) is 0 Å². The minimum atomic E-state index is -0.573. The van der Waals surface area contributed by atoms with E-state index in [1.54, 1.807) is 13.2 Å². The van der Waals surface area contributed by atoms with Crippen molar-refractivity contribution in [1.29, 1.82) is 0 Å². The molecule has 0 aliphatic rings. The number of methoxy groups -OCH3 is 1. The zero-order valence-corrected chi connectivity index (χ0v) is 13.0. The van der Waals surface area contributed by atoms with Crippen LogP contribution in [0.3, 0.4) is 0 Å². The molecule has 112 valence electrons. The Morgan fingerprint density at radius 3 is 2.52 bits per heavy atom. The summed E-state index contributed by atoms with van der Waals surface area (Å²) < 4.78 is 5.35. The van der Waals surface area contributed by atoms with Gasteiger partial charge < -0.3 is 14.7 Å². The Labute approximate surface area is 130 Å². The van der Waals surface area contributed by atoms with Crippen molar-refractivity contribution in [2.24, 2.45) is 0 Å². The lowest BCUT2D eigenvalue weighted by Crippen LogP contribution is -2.21. The van der Waals surface area contributed by atoms with Crippen molar-refractivity contribution in [3.05, 3.63) is 59.1 Å². The van der Waals surface area contributed by atoms with E-state index in [1.807, 2.05) is 49.5 Å². The van der Waals surface area contributed by atoms with Gasteiger partial charge in [-0.3, -0.25) is 0 Å². The molecule has 1 unspecified atom stereocenters. The lowest BCUT2D eigenvalue weighted by atomic mass is 10.1. The third-order valence-electron chi connectivity index (χ3n) is 3.50. The number of ether oxygens (including phenoxy) is 1. The van der Waals surface area contributed by atoms with Crippen LogP contribution in [0.2, 0.25) is 5.02 Å². The zero-order chi connectivity index (χ0) is 15.2. The van der Waals surface area contributed by atoms with Gasteiger partial charge in [0.2, 0.25) is 0 Å². The Balaban J connectivity index is 2.01. The molecule has 0 aliphatic heterocycles. The zero-order valence-electron chi connectivity index (χ0n) is 12.3. The number of rotatable bonds is 6. The molecule has 0 aromatic heterocycles. The highest BCUT2D eigenvalue weighted by molar-refractivity contribution is 6.31. The Morgan fingerprint density at radius 1 is 1.14 bits per heavy atom. The van der Waals surface area contributed by atoms with E-state index in [4.69, 9.17) is 16.3 Å². The monoisotopic (exact) mass is 305 g/mol. The number of hydrogen-bond donors (Lipinski definition) is 1. The van der Waals surface area contributed by atoms with Crippen LogP contribution >= 0.6 is 11.6 Å². The molecular weight excluding hydrogens is 286 g/mol. The van der Waals surface area contributed by atoms with Crippen molar-refractivity contribution in [2.75, 3.05) is 25.6 Å². The first kappa shape index (κ1) is 15.7. The second-order valence-corrected chi connectivity index (χ2v) is 5.33. The number of para-hydroxylation sites is 2. The first-order valence-corrected chi connectivity index (χ1v) is 7.28. The maximum absolute atomic E-state index is 10.3. The molecule has 2 aromatic carbocycles. The molecule has 0 aliphatic carbocycles. The fourth-order valence-corrected chi connectivity index (χ4v) is 2.54. The molecule has 2 rings (SSSR count). The number of halogens is 1. The number of hydrogen-bond acceptors (Lipinski definition) is 3. The molecule has 0 amide bonds. The number of nitrogens with zero attached hydrogens (tertiary/aromatic N) is 1. The molecule has 0 bridgehead atoms. The molecule has 0 heterocycles. The molecule has 0 radical (unpaired) electrons. The van der Waals surface area contributed by atoms with Crippen LogP contribution in [0.1, 0.15) is 18.1 Å². The predicted molar refractivity (Wildman–Crippen MR) is 87.3 cm³/mol. The summed E-state index contributed by atoms with van der Waals surface area (Å²) in [5.74, 6) is 0.826. The number of benzene rings is 2. The van der Waals surface area contributed by atoms with E-state index in [0.717, 1.165) is 17.0 Å². The standard InChI is InChI=1S/C17H20ClNO2/c1-19(15-9-5-6-10-17(15)21-2)12-11-16(20)13-7-3-4-8-14(13)18/h3-10,16,20H,11-12H2,1-2H3. The van der Waals surface area contributed by atoms with Gasteiger partial charge in [-0.15, -0.1) is 0 Å². The number of aliphatic hydroxyl groups excluding tert-OH is 1. The van der Waals surface area contributed by atoms with Crippen LogP contribution in [0.15, 0.2) is 48.5 Å². The summed E-state index contributed by atoms with van der Waals surface area (Å²) in [4.78, 5) is 2.07. The molecule has 4 heteroatoms. The van der Waals surface area contributed by atoms with Gasteiger partial charge in [0, 0.05) is 18.6 Å². The van der Waals surface area contributed by atoms with Crippen LogP contribution in [-0.4, -0.2) is 25.8 Å². The first-order valence-electron chi connectivity index (χ1n) is 6.90. The van der Waals surface area contributed by atoms with Crippen molar-refractivity contribution < 1.29 is 9.84 Å². The fraction of sp³-hybridized carbons (Fsp3) is 0.294. The van der Waals surface area contributed by atoms with Gasteiger partial charge in [0.15, 0.2) is 0 Å². The topological polar surface area (TPSA) is 32.7 Å². The summed E-state index contributed by atoms with van der Waals surface area (Å²) in [7, 11) is 3.64. The summed E-state index contributed by atoms with van der Waals surface area (Å²) in [5.41, 5.74) is 1.78. The van der Waals surface area contributed by atoms with Crippen molar-refractivity contribution in [3.8, 4) is 5.75 Å². The van der Waals surface area contributed by atoms with E-state index >= 15 is 0 Å². The lowest BCUT2D eigenvalue weighted by molar-refractivity contribution is 0.170. The summed E-state index contributed by atoms with van der Waals surface area (Å²) >= 11 is 6.11. The molecule has 0 saturated heterocycles. The highest BCUT2D eigenvalue weighted by atomic mass is 35.5. The van der Waals surface area contributed by atoms with Crippen LogP contribution in [0.5, 0.6) is 5.75 Å². The largest absolute Gasteiger partial charge is 0.495 e. The normalized spacial score (nSPS) is 12.0. The average Bonchev–Trinajstić information content (AvgIpc) is 2.52. The highest BCUT2D eigenvalue weighted by Gasteiger charge is 2.13. The molecule has 0 saturated carbocycles. The summed E-state index contributed by atoms with van der Waals surface area (Å²) in [6.07, 6.45) is 0.0222. The fourth-order valence-electron chi connectivity index (χ4n) is 2.28. The van der Waals surface area contributed by atoms with Crippen molar-refractivity contribution in [1.82, 2.24) is 0 Å². The minimum Gasteiger partial charge on any atom is -0.495 e. The summed E-state index contributed by atoms with van der Waals surface area (Å²) in [5, 5.41) is 10.9. The highest BCUT2D eigenvalue weighted by Crippen LogP contribution is 2.29. The molecule has 0 fully saturated rings. The maximum atomic E-state index is 10.3. The van der Waals surface area contributed by atoms with Crippen LogP contribution in [0.25, 0.3) is 0 Å². The first-order chi connectivity index (χ1) is 10.1. The Morgan fingerprint density at radius 2 is 1.81 bits per heavy atom. The molecular formula is C17H20ClNO2. The van der Waals surface area contributed by atoms with Gasteiger partial charge in [-0.1, -0.05) is 41.9 Å². The molecule has 21 heavy (non-hydrogen) atoms. The van der Waals surface area contributed by atoms with Gasteiger partial charge in [0.25, 0.3) is 0 Å². The maximum Gasteiger partial charge on any atom is 0.142 e. The summed E-state index contributed by atoms with van der Waals surface area (Å²) in [6.45, 7) is 0.701. The Kier molecular flexibility index (Phi) is 5.48. The third-order valence-corrected chi connectivity index (χ3v) is 3.84. The van der Waals surface area contributed by atoms with Crippen LogP contribution in [-0.2, 0) is 0 Å². The smallest absolute Gasteiger partial charge is 0.142 e. The SMILES string of the molecule is COc1ccccc1N(C)CCC(O)c1ccccc1Cl. The average molecular weight is 306 g/mol. The lowest BCUT2D eigenvalue weighted by Gasteiger charge is -2.23. The van der Waals surface area contributed by atoms with Gasteiger partial charge in [-0.2, -0.15) is 0 Å². The van der Waals surface area contributed by atoms with E-state index in [1.165, 1.54) is 0 Å². The van der Waals surface area contributed by atoms with Gasteiger partial charge in [0.1, 0.15) is 5.75 Å². The van der Waals surface area contributed by atoms with E-state index in [0.29, 0.717) is 18.0 Å². The van der Waals surface area contributed by atoms with Gasteiger partial charge in [-0.25, -0.2) is 0 Å². The van der Waals surface area contributed by atoms with E-state index in [9.17, 15) is 5.11 Å². The van der Waals surface area contributed by atoms with Crippen LogP contribution in [0, 0.1) is 0 Å². The minimum absolute atomic E-state index is 0.573. The predicted octanol–water partition coefficient (Wildman–Crippen LogP) is 3.91. The van der Waals surface area contributed by atoms with Crippen LogP contribution < -0.4 is 9.64 Å². The second kappa shape index (κ2) is 7.34. The van der Waals surface area contributed by atoms with Crippen LogP contribution in [0.4, 0.5) is 5.69 Å². The third kappa shape index (κ3) is 3.90. The van der Waals surface area contributed by atoms with Gasteiger partial charge >= 0.3 is 0 Å². The van der Waals surface area contributed by atoms with Gasteiger partial charge in [0.05, 0.1) is 18.9 Å². The Hall–Kier alpha value is -1.71. The van der Waals surface area contributed by atoms with Crippen molar-refractivity contribution in [2.45, 2.75) is 12.5 Å². The molecule has 1 atom stereocenters. The van der Waals surface area contributed by atoms with Gasteiger partial charge in [-0.05, 0) is 30.2 Å². The summed E-state index contributed by atoms with van der Waals surface area (Å²) in [6, 6.07) is 15.2.